The molecule has 1 aromatic heterocycles. The maximum absolute atomic E-state index is 12.5. The molecule has 1 aliphatic heterocycles. The SMILES string of the molecule is CCC1CN(C(=O)c2ccnn2C)C(CC)CN1. The molecule has 18 heavy (non-hydrogen) atoms. The lowest BCUT2D eigenvalue weighted by molar-refractivity contribution is 0.0564. The van der Waals surface area contributed by atoms with E-state index in [0.717, 1.165) is 25.9 Å². The van der Waals surface area contributed by atoms with Crippen molar-refractivity contribution in [2.24, 2.45) is 7.05 Å². The molecule has 100 valence electrons. The Bertz CT molecular complexity index is 415. The second kappa shape index (κ2) is 5.52. The zero-order valence-electron chi connectivity index (χ0n) is 11.4. The van der Waals surface area contributed by atoms with E-state index in [-0.39, 0.29) is 11.9 Å². The summed E-state index contributed by atoms with van der Waals surface area (Å²) in [5, 5.41) is 7.57. The van der Waals surface area contributed by atoms with Gasteiger partial charge in [0.15, 0.2) is 0 Å². The van der Waals surface area contributed by atoms with Crippen LogP contribution in [0, 0.1) is 0 Å². The molecule has 1 aromatic rings. The topological polar surface area (TPSA) is 50.2 Å². The quantitative estimate of drug-likeness (QED) is 0.871. The van der Waals surface area contributed by atoms with Gasteiger partial charge in [0.2, 0.25) is 0 Å². The van der Waals surface area contributed by atoms with E-state index in [1.807, 2.05) is 11.9 Å². The third-order valence-electron chi connectivity index (χ3n) is 3.76. The molecule has 2 heterocycles. The smallest absolute Gasteiger partial charge is 0.272 e. The summed E-state index contributed by atoms with van der Waals surface area (Å²) < 4.78 is 1.65. The van der Waals surface area contributed by atoms with E-state index in [2.05, 4.69) is 24.3 Å². The number of hydrogen-bond acceptors (Lipinski definition) is 3. The Morgan fingerprint density at radius 1 is 1.50 bits per heavy atom. The van der Waals surface area contributed by atoms with Gasteiger partial charge in [-0.05, 0) is 18.9 Å². The van der Waals surface area contributed by atoms with Crippen LogP contribution in [0.4, 0.5) is 0 Å². The van der Waals surface area contributed by atoms with Crippen molar-refractivity contribution in [3.8, 4) is 0 Å². The molecule has 1 fully saturated rings. The average molecular weight is 250 g/mol. The predicted molar refractivity (Wildman–Crippen MR) is 70.4 cm³/mol. The zero-order chi connectivity index (χ0) is 13.1. The van der Waals surface area contributed by atoms with Crippen molar-refractivity contribution >= 4 is 5.91 Å². The van der Waals surface area contributed by atoms with Crippen LogP contribution in [0.2, 0.25) is 0 Å². The van der Waals surface area contributed by atoms with Crippen molar-refractivity contribution in [2.45, 2.75) is 38.8 Å². The molecule has 0 bridgehead atoms. The fraction of sp³-hybridized carbons (Fsp3) is 0.692. The highest BCUT2D eigenvalue weighted by molar-refractivity contribution is 5.92. The van der Waals surface area contributed by atoms with Crippen molar-refractivity contribution in [3.63, 3.8) is 0 Å². The van der Waals surface area contributed by atoms with Crippen LogP contribution in [-0.4, -0.2) is 45.8 Å². The van der Waals surface area contributed by atoms with Crippen molar-refractivity contribution in [1.29, 1.82) is 0 Å². The van der Waals surface area contributed by atoms with Gasteiger partial charge in [0, 0.05) is 38.4 Å². The van der Waals surface area contributed by atoms with Crippen LogP contribution in [-0.2, 0) is 7.05 Å². The van der Waals surface area contributed by atoms with E-state index < -0.39 is 0 Å². The Balaban J connectivity index is 2.17. The van der Waals surface area contributed by atoms with Gasteiger partial charge in [-0.1, -0.05) is 13.8 Å². The lowest BCUT2D eigenvalue weighted by atomic mass is 10.0. The largest absolute Gasteiger partial charge is 0.332 e. The number of nitrogens with zero attached hydrogens (tertiary/aromatic N) is 3. The summed E-state index contributed by atoms with van der Waals surface area (Å²) in [5.74, 6) is 0.0989. The van der Waals surface area contributed by atoms with E-state index >= 15 is 0 Å². The number of hydrogen-bond donors (Lipinski definition) is 1. The minimum Gasteiger partial charge on any atom is -0.332 e. The van der Waals surface area contributed by atoms with E-state index in [0.29, 0.717) is 11.7 Å². The second-order valence-corrected chi connectivity index (χ2v) is 4.87. The van der Waals surface area contributed by atoms with Crippen molar-refractivity contribution < 1.29 is 4.79 Å². The lowest BCUT2D eigenvalue weighted by Gasteiger charge is -2.39. The molecule has 1 aliphatic rings. The number of carbonyl (C=O) groups is 1. The fourth-order valence-corrected chi connectivity index (χ4v) is 2.48. The summed E-state index contributed by atoms with van der Waals surface area (Å²) in [7, 11) is 1.81. The fourth-order valence-electron chi connectivity index (χ4n) is 2.48. The molecule has 1 N–H and O–H groups in total. The Morgan fingerprint density at radius 3 is 2.83 bits per heavy atom. The monoisotopic (exact) mass is 250 g/mol. The first-order valence-electron chi connectivity index (χ1n) is 6.69. The normalized spacial score (nSPS) is 24.3. The van der Waals surface area contributed by atoms with E-state index in [1.54, 1.807) is 16.9 Å². The van der Waals surface area contributed by atoms with Crippen molar-refractivity contribution in [2.75, 3.05) is 13.1 Å². The van der Waals surface area contributed by atoms with Crippen LogP contribution in [0.25, 0.3) is 0 Å². The van der Waals surface area contributed by atoms with Crippen LogP contribution < -0.4 is 5.32 Å². The van der Waals surface area contributed by atoms with Gasteiger partial charge in [0.1, 0.15) is 5.69 Å². The van der Waals surface area contributed by atoms with Gasteiger partial charge in [0.25, 0.3) is 5.91 Å². The van der Waals surface area contributed by atoms with Gasteiger partial charge >= 0.3 is 0 Å². The van der Waals surface area contributed by atoms with E-state index in [1.165, 1.54) is 0 Å². The third kappa shape index (κ3) is 2.41. The molecule has 0 spiro atoms. The number of amides is 1. The molecule has 0 aromatic carbocycles. The summed E-state index contributed by atoms with van der Waals surface area (Å²) in [6, 6.07) is 2.48. The number of rotatable bonds is 3. The minimum atomic E-state index is 0.0989. The first kappa shape index (κ1) is 13.1. The third-order valence-corrected chi connectivity index (χ3v) is 3.76. The zero-order valence-corrected chi connectivity index (χ0v) is 11.4. The lowest BCUT2D eigenvalue weighted by Crippen LogP contribution is -2.58. The van der Waals surface area contributed by atoms with Gasteiger partial charge in [0.05, 0.1) is 0 Å². The minimum absolute atomic E-state index is 0.0989. The number of aryl methyl sites for hydroxylation is 1. The highest BCUT2D eigenvalue weighted by atomic mass is 16.2. The number of carbonyl (C=O) groups excluding carboxylic acids is 1. The van der Waals surface area contributed by atoms with Crippen LogP contribution in [0.1, 0.15) is 37.2 Å². The molecule has 0 radical (unpaired) electrons. The highest BCUT2D eigenvalue weighted by Crippen LogP contribution is 2.15. The summed E-state index contributed by atoms with van der Waals surface area (Å²) in [4.78, 5) is 14.6. The molecule has 5 heteroatoms. The molecular formula is C13H22N4O. The Kier molecular flexibility index (Phi) is 4.01. The first-order valence-corrected chi connectivity index (χ1v) is 6.69. The molecule has 5 nitrogen and oxygen atoms in total. The Morgan fingerprint density at radius 2 is 2.28 bits per heavy atom. The van der Waals surface area contributed by atoms with Gasteiger partial charge in [-0.25, -0.2) is 0 Å². The van der Waals surface area contributed by atoms with Crippen LogP contribution in [0.3, 0.4) is 0 Å². The summed E-state index contributed by atoms with van der Waals surface area (Å²) in [6.07, 6.45) is 3.70. The van der Waals surface area contributed by atoms with Gasteiger partial charge in [-0.2, -0.15) is 5.10 Å². The van der Waals surface area contributed by atoms with Gasteiger partial charge in [-0.3, -0.25) is 9.48 Å². The first-order chi connectivity index (χ1) is 8.67. The maximum atomic E-state index is 12.5. The molecule has 0 saturated carbocycles. The molecule has 2 atom stereocenters. The number of nitrogens with one attached hydrogen (secondary N) is 1. The van der Waals surface area contributed by atoms with Crippen LogP contribution in [0.15, 0.2) is 12.3 Å². The van der Waals surface area contributed by atoms with Crippen LogP contribution in [0.5, 0.6) is 0 Å². The number of aromatic nitrogens is 2. The van der Waals surface area contributed by atoms with Crippen molar-refractivity contribution in [1.82, 2.24) is 20.0 Å². The maximum Gasteiger partial charge on any atom is 0.272 e. The summed E-state index contributed by atoms with van der Waals surface area (Å²) >= 11 is 0. The second-order valence-electron chi connectivity index (χ2n) is 4.87. The summed E-state index contributed by atoms with van der Waals surface area (Å²) in [6.45, 7) is 5.95. The van der Waals surface area contributed by atoms with Crippen molar-refractivity contribution in [3.05, 3.63) is 18.0 Å². The Hall–Kier alpha value is -1.36. The van der Waals surface area contributed by atoms with E-state index in [4.69, 9.17) is 0 Å². The molecule has 2 rings (SSSR count). The molecule has 2 unspecified atom stereocenters. The van der Waals surface area contributed by atoms with Gasteiger partial charge < -0.3 is 10.2 Å². The van der Waals surface area contributed by atoms with E-state index in [9.17, 15) is 4.79 Å². The highest BCUT2D eigenvalue weighted by Gasteiger charge is 2.31. The summed E-state index contributed by atoms with van der Waals surface area (Å²) in [5.41, 5.74) is 0.671. The van der Waals surface area contributed by atoms with Crippen LogP contribution >= 0.6 is 0 Å². The molecule has 1 amide bonds. The average Bonchev–Trinajstić information content (AvgIpc) is 2.83. The molecule has 0 aliphatic carbocycles. The van der Waals surface area contributed by atoms with Gasteiger partial charge in [-0.15, -0.1) is 0 Å². The number of piperazine rings is 1. The molecular weight excluding hydrogens is 228 g/mol. The molecule has 1 saturated heterocycles. The predicted octanol–water partition coefficient (Wildman–Crippen LogP) is 1.02. The Labute approximate surface area is 108 Å². The standard InChI is InChI=1S/C13H22N4O/c1-4-10-9-17(11(5-2)8-14-10)13(18)12-6-7-15-16(12)3/h6-7,10-11,14H,4-5,8-9H2,1-3H3.